The average molecular weight is 423 g/mol. The molecule has 0 aliphatic rings. The molecule has 3 rings (SSSR count). The molecule has 0 aliphatic carbocycles. The summed E-state index contributed by atoms with van der Waals surface area (Å²) in [6, 6.07) is 17.2. The minimum atomic E-state index is -0.623. The average Bonchev–Trinajstić information content (AvgIpc) is 2.78. The monoisotopic (exact) mass is 423 g/mol. The van der Waals surface area contributed by atoms with Crippen molar-refractivity contribution in [1.82, 2.24) is 9.88 Å². The Hall–Kier alpha value is -4.14. The summed E-state index contributed by atoms with van der Waals surface area (Å²) in [6.07, 6.45) is 1.05. The second-order valence-electron chi connectivity index (χ2n) is 6.65. The molecule has 0 saturated heterocycles. The van der Waals surface area contributed by atoms with Crippen molar-refractivity contribution < 1.29 is 19.2 Å². The van der Waals surface area contributed by atoms with Gasteiger partial charge in [-0.25, -0.2) is 0 Å². The van der Waals surface area contributed by atoms with Gasteiger partial charge in [-0.3, -0.25) is 24.3 Å². The highest BCUT2D eigenvalue weighted by Gasteiger charge is 2.11. The molecule has 2 aromatic carbocycles. The van der Waals surface area contributed by atoms with Gasteiger partial charge in [0, 0.05) is 18.7 Å². The fraction of sp³-hybridized carbons (Fsp3) is 0.182. The molecular weight excluding hydrogens is 402 g/mol. The Morgan fingerprint density at radius 2 is 1.84 bits per heavy atom. The summed E-state index contributed by atoms with van der Waals surface area (Å²) in [6.45, 7) is 0.263. The third-order valence-corrected chi connectivity index (χ3v) is 4.45. The Morgan fingerprint density at radius 1 is 1.06 bits per heavy atom. The first kappa shape index (κ1) is 21.6. The summed E-state index contributed by atoms with van der Waals surface area (Å²) < 4.78 is 12.2. The highest BCUT2D eigenvalue weighted by molar-refractivity contribution is 5.75. The molecule has 0 spiro atoms. The van der Waals surface area contributed by atoms with Gasteiger partial charge in [-0.1, -0.05) is 36.4 Å². The van der Waals surface area contributed by atoms with Crippen molar-refractivity contribution >= 4 is 11.6 Å². The molecule has 3 aromatic rings. The number of pyridine rings is 1. The lowest BCUT2D eigenvalue weighted by molar-refractivity contribution is -0.385. The van der Waals surface area contributed by atoms with Crippen LogP contribution in [0, 0.1) is 10.1 Å². The normalized spacial score (nSPS) is 10.4. The molecule has 9 nitrogen and oxygen atoms in total. The molecule has 0 radical (unpaired) electrons. The minimum absolute atomic E-state index is 0.192. The molecular formula is C22H21N3O6. The molecule has 0 saturated carbocycles. The van der Waals surface area contributed by atoms with E-state index in [1.54, 1.807) is 18.2 Å². The lowest BCUT2D eigenvalue weighted by Crippen LogP contribution is -2.31. The SMILES string of the molecule is COc1cc(CNC(=O)Cn2cc([N+](=O)[O-])ccc2=O)ccc1OCc1ccccc1. The number of carbonyl (C=O) groups excluding carboxylic acids is 1. The quantitative estimate of drug-likeness (QED) is 0.418. The van der Waals surface area contributed by atoms with Gasteiger partial charge >= 0.3 is 0 Å². The number of hydrogen-bond acceptors (Lipinski definition) is 6. The summed E-state index contributed by atoms with van der Waals surface area (Å²) >= 11 is 0. The lowest BCUT2D eigenvalue weighted by atomic mass is 10.2. The number of nitrogens with zero attached hydrogens (tertiary/aromatic N) is 2. The Morgan fingerprint density at radius 3 is 2.55 bits per heavy atom. The molecule has 0 aliphatic heterocycles. The van der Waals surface area contributed by atoms with Gasteiger partial charge in [-0.2, -0.15) is 0 Å². The van der Waals surface area contributed by atoms with Crippen LogP contribution in [0.3, 0.4) is 0 Å². The van der Waals surface area contributed by atoms with Crippen molar-refractivity contribution in [3.8, 4) is 11.5 Å². The highest BCUT2D eigenvalue weighted by Crippen LogP contribution is 2.28. The van der Waals surface area contributed by atoms with E-state index in [2.05, 4.69) is 5.32 Å². The first-order chi connectivity index (χ1) is 15.0. The summed E-state index contributed by atoms with van der Waals surface area (Å²) in [5.41, 5.74) is 1.03. The van der Waals surface area contributed by atoms with E-state index >= 15 is 0 Å². The number of ether oxygens (including phenoxy) is 2. The maximum atomic E-state index is 12.2. The number of aromatic nitrogens is 1. The summed E-state index contributed by atoms with van der Waals surface area (Å²) in [7, 11) is 1.53. The van der Waals surface area contributed by atoms with E-state index in [0.717, 1.165) is 34.0 Å². The molecule has 1 amide bonds. The summed E-state index contributed by atoms with van der Waals surface area (Å²) in [5, 5.41) is 13.5. The first-order valence-corrected chi connectivity index (χ1v) is 9.41. The van der Waals surface area contributed by atoms with Crippen LogP contribution in [0.15, 0.2) is 71.7 Å². The highest BCUT2D eigenvalue weighted by atomic mass is 16.6. The number of benzene rings is 2. The van der Waals surface area contributed by atoms with Crippen LogP contribution in [-0.4, -0.2) is 22.5 Å². The number of hydrogen-bond donors (Lipinski definition) is 1. The van der Waals surface area contributed by atoms with E-state index in [-0.39, 0.29) is 18.8 Å². The Bertz CT molecular complexity index is 1130. The predicted octanol–water partition coefficient (Wildman–Crippen LogP) is 2.66. The number of amides is 1. The summed E-state index contributed by atoms with van der Waals surface area (Å²) in [4.78, 5) is 34.2. The van der Waals surface area contributed by atoms with Crippen molar-refractivity contribution in [2.45, 2.75) is 19.7 Å². The van der Waals surface area contributed by atoms with Crippen LogP contribution >= 0.6 is 0 Å². The van der Waals surface area contributed by atoms with Crippen LogP contribution in [0.4, 0.5) is 5.69 Å². The Balaban J connectivity index is 1.60. The topological polar surface area (TPSA) is 113 Å². The van der Waals surface area contributed by atoms with Crippen LogP contribution in [0.2, 0.25) is 0 Å². The lowest BCUT2D eigenvalue weighted by Gasteiger charge is -2.13. The Kier molecular flexibility index (Phi) is 7.00. The van der Waals surface area contributed by atoms with Crippen LogP contribution in [0.25, 0.3) is 0 Å². The predicted molar refractivity (Wildman–Crippen MR) is 113 cm³/mol. The van der Waals surface area contributed by atoms with E-state index < -0.39 is 16.4 Å². The van der Waals surface area contributed by atoms with E-state index in [1.165, 1.54) is 7.11 Å². The zero-order valence-corrected chi connectivity index (χ0v) is 16.8. The third kappa shape index (κ3) is 5.92. The molecule has 0 fully saturated rings. The van der Waals surface area contributed by atoms with Crippen molar-refractivity contribution in [1.29, 1.82) is 0 Å². The second-order valence-corrected chi connectivity index (χ2v) is 6.65. The van der Waals surface area contributed by atoms with Gasteiger partial charge in [0.25, 0.3) is 11.2 Å². The van der Waals surface area contributed by atoms with Crippen LogP contribution in [0.1, 0.15) is 11.1 Å². The van der Waals surface area contributed by atoms with E-state index in [4.69, 9.17) is 9.47 Å². The number of rotatable bonds is 9. The molecule has 160 valence electrons. The zero-order valence-electron chi connectivity index (χ0n) is 16.8. The number of nitro groups is 1. The molecule has 1 heterocycles. The number of methoxy groups -OCH3 is 1. The van der Waals surface area contributed by atoms with E-state index in [0.29, 0.717) is 18.1 Å². The van der Waals surface area contributed by atoms with Gasteiger partial charge < -0.3 is 14.8 Å². The molecule has 0 atom stereocenters. The van der Waals surface area contributed by atoms with Crippen LogP contribution in [0.5, 0.6) is 11.5 Å². The largest absolute Gasteiger partial charge is 0.493 e. The minimum Gasteiger partial charge on any atom is -0.493 e. The van der Waals surface area contributed by atoms with E-state index in [9.17, 15) is 19.7 Å². The number of nitrogens with one attached hydrogen (secondary N) is 1. The first-order valence-electron chi connectivity index (χ1n) is 9.41. The molecule has 1 N–H and O–H groups in total. The molecule has 0 unspecified atom stereocenters. The van der Waals surface area contributed by atoms with Gasteiger partial charge in [0.05, 0.1) is 18.2 Å². The molecule has 0 bridgehead atoms. The van der Waals surface area contributed by atoms with Gasteiger partial charge in [0.2, 0.25) is 5.91 Å². The van der Waals surface area contributed by atoms with Gasteiger partial charge in [0.1, 0.15) is 13.2 Å². The smallest absolute Gasteiger partial charge is 0.285 e. The fourth-order valence-corrected chi connectivity index (χ4v) is 2.84. The Labute approximate surface area is 178 Å². The zero-order chi connectivity index (χ0) is 22.2. The van der Waals surface area contributed by atoms with Crippen molar-refractivity contribution in [3.05, 3.63) is 98.5 Å². The molecule has 9 heteroatoms. The van der Waals surface area contributed by atoms with Crippen molar-refractivity contribution in [2.24, 2.45) is 0 Å². The maximum Gasteiger partial charge on any atom is 0.285 e. The molecule has 31 heavy (non-hydrogen) atoms. The van der Waals surface area contributed by atoms with Crippen molar-refractivity contribution in [3.63, 3.8) is 0 Å². The van der Waals surface area contributed by atoms with Crippen LogP contribution in [-0.2, 0) is 24.5 Å². The maximum absolute atomic E-state index is 12.2. The van der Waals surface area contributed by atoms with Crippen molar-refractivity contribution in [2.75, 3.05) is 7.11 Å². The second kappa shape index (κ2) is 10.1. The third-order valence-electron chi connectivity index (χ3n) is 4.45. The van der Waals surface area contributed by atoms with Gasteiger partial charge in [-0.15, -0.1) is 0 Å². The van der Waals surface area contributed by atoms with Gasteiger partial charge in [-0.05, 0) is 23.3 Å². The fourth-order valence-electron chi connectivity index (χ4n) is 2.84. The van der Waals surface area contributed by atoms with Gasteiger partial charge in [0.15, 0.2) is 11.5 Å². The summed E-state index contributed by atoms with van der Waals surface area (Å²) in [5.74, 6) is 0.646. The molecule has 1 aromatic heterocycles. The standard InChI is InChI=1S/C22H21N3O6/c1-30-20-11-17(7-9-19(20)31-15-16-5-3-2-4-6-16)12-23-21(26)14-24-13-18(25(28)29)8-10-22(24)27/h2-11,13H,12,14-15H2,1H3,(H,23,26). The number of carbonyl (C=O) groups is 1. The van der Waals surface area contributed by atoms with Crippen LogP contribution < -0.4 is 20.3 Å². The van der Waals surface area contributed by atoms with E-state index in [1.807, 2.05) is 30.3 Å².